The minimum Gasteiger partial charge on any atom is -0.339 e. The zero-order valence-corrected chi connectivity index (χ0v) is 12.1. The summed E-state index contributed by atoms with van der Waals surface area (Å²) in [5, 5.41) is 14.2. The number of carbonyl (C=O) groups is 1. The van der Waals surface area contributed by atoms with Crippen LogP contribution in [0.2, 0.25) is 0 Å². The first-order valence-corrected chi connectivity index (χ1v) is 7.33. The Kier molecular flexibility index (Phi) is 3.30. The molecule has 0 bridgehead atoms. The van der Waals surface area contributed by atoms with Crippen molar-refractivity contribution in [2.75, 3.05) is 5.32 Å². The summed E-state index contributed by atoms with van der Waals surface area (Å²) in [6, 6.07) is 10.5. The van der Waals surface area contributed by atoms with Crippen LogP contribution < -0.4 is 5.32 Å². The molecule has 0 radical (unpaired) electrons. The lowest BCUT2D eigenvalue weighted by Crippen LogP contribution is -2.13. The molecular formula is C16H13N5O2. The maximum atomic E-state index is 12.3. The molecule has 1 aliphatic carbocycles. The molecule has 114 valence electrons. The number of carbonyl (C=O) groups excluding carboxylic acids is 1. The Morgan fingerprint density at radius 1 is 1.22 bits per heavy atom. The van der Waals surface area contributed by atoms with Gasteiger partial charge in [0.2, 0.25) is 11.7 Å². The summed E-state index contributed by atoms with van der Waals surface area (Å²) < 4.78 is 5.26. The van der Waals surface area contributed by atoms with Crippen LogP contribution in [0.15, 0.2) is 47.1 Å². The number of rotatable bonds is 4. The fraction of sp³-hybridized carbons (Fsp3) is 0.188. The van der Waals surface area contributed by atoms with Crippen LogP contribution in [0, 0.1) is 0 Å². The van der Waals surface area contributed by atoms with Gasteiger partial charge in [-0.1, -0.05) is 17.3 Å². The van der Waals surface area contributed by atoms with Crippen LogP contribution in [-0.2, 0) is 0 Å². The van der Waals surface area contributed by atoms with Crippen molar-refractivity contribution in [1.82, 2.24) is 20.3 Å². The van der Waals surface area contributed by atoms with Crippen LogP contribution in [0.25, 0.3) is 11.4 Å². The molecule has 1 aliphatic rings. The molecule has 1 saturated carbocycles. The zero-order valence-electron chi connectivity index (χ0n) is 12.1. The van der Waals surface area contributed by atoms with Gasteiger partial charge >= 0.3 is 0 Å². The van der Waals surface area contributed by atoms with Gasteiger partial charge in [-0.25, -0.2) is 0 Å². The molecule has 1 amide bonds. The SMILES string of the molecule is O=C(Nc1cccnn1)c1cccc(-c2noc(C3CC3)n2)c1. The van der Waals surface area contributed by atoms with Gasteiger partial charge in [0.1, 0.15) is 0 Å². The van der Waals surface area contributed by atoms with Crippen molar-refractivity contribution in [1.29, 1.82) is 0 Å². The minimum absolute atomic E-state index is 0.265. The van der Waals surface area contributed by atoms with Crippen LogP contribution in [0.5, 0.6) is 0 Å². The smallest absolute Gasteiger partial charge is 0.256 e. The molecule has 0 saturated heterocycles. The van der Waals surface area contributed by atoms with Crippen molar-refractivity contribution < 1.29 is 9.32 Å². The highest BCUT2D eigenvalue weighted by atomic mass is 16.5. The van der Waals surface area contributed by atoms with Gasteiger partial charge in [-0.05, 0) is 37.1 Å². The fourth-order valence-electron chi connectivity index (χ4n) is 2.20. The van der Waals surface area contributed by atoms with Gasteiger partial charge in [0, 0.05) is 23.2 Å². The van der Waals surface area contributed by atoms with E-state index in [9.17, 15) is 4.79 Å². The van der Waals surface area contributed by atoms with E-state index in [1.807, 2.05) is 6.07 Å². The van der Waals surface area contributed by atoms with Crippen molar-refractivity contribution >= 4 is 11.7 Å². The maximum absolute atomic E-state index is 12.3. The summed E-state index contributed by atoms with van der Waals surface area (Å²) in [7, 11) is 0. The van der Waals surface area contributed by atoms with Crippen LogP contribution >= 0.6 is 0 Å². The standard InChI is InChI=1S/C16H13N5O2/c22-15(18-13-5-2-8-17-20-13)12-4-1-3-11(9-12)14-19-16(23-21-14)10-6-7-10/h1-5,8-10H,6-7H2,(H,18,20,22). The van der Waals surface area contributed by atoms with Crippen molar-refractivity contribution in [3.05, 3.63) is 54.0 Å². The molecule has 2 heterocycles. The maximum Gasteiger partial charge on any atom is 0.256 e. The molecule has 1 aromatic carbocycles. The first-order chi connectivity index (χ1) is 11.3. The van der Waals surface area contributed by atoms with Crippen molar-refractivity contribution in [3.63, 3.8) is 0 Å². The van der Waals surface area contributed by atoms with E-state index in [0.717, 1.165) is 18.4 Å². The Bertz CT molecular complexity index is 842. The number of benzene rings is 1. The molecular weight excluding hydrogens is 294 g/mol. The molecule has 0 unspecified atom stereocenters. The molecule has 3 aromatic rings. The predicted octanol–water partition coefficient (Wildman–Crippen LogP) is 2.66. The quantitative estimate of drug-likeness (QED) is 0.796. The summed E-state index contributed by atoms with van der Waals surface area (Å²) >= 11 is 0. The summed E-state index contributed by atoms with van der Waals surface area (Å²) in [5.41, 5.74) is 1.23. The van der Waals surface area contributed by atoms with Crippen molar-refractivity contribution in [2.24, 2.45) is 0 Å². The zero-order chi connectivity index (χ0) is 15.6. The van der Waals surface area contributed by atoms with Crippen LogP contribution in [0.3, 0.4) is 0 Å². The van der Waals surface area contributed by atoms with E-state index in [1.165, 1.54) is 0 Å². The number of anilines is 1. The Hall–Kier alpha value is -3.09. The third-order valence-electron chi connectivity index (χ3n) is 3.57. The fourth-order valence-corrected chi connectivity index (χ4v) is 2.20. The number of hydrogen-bond acceptors (Lipinski definition) is 6. The largest absolute Gasteiger partial charge is 0.339 e. The van der Waals surface area contributed by atoms with E-state index in [4.69, 9.17) is 4.52 Å². The molecule has 7 nitrogen and oxygen atoms in total. The van der Waals surface area contributed by atoms with E-state index in [1.54, 1.807) is 36.5 Å². The summed E-state index contributed by atoms with van der Waals surface area (Å²) in [5.74, 6) is 1.71. The highest BCUT2D eigenvalue weighted by Gasteiger charge is 2.29. The van der Waals surface area contributed by atoms with E-state index in [-0.39, 0.29) is 5.91 Å². The molecule has 2 aromatic heterocycles. The molecule has 4 rings (SSSR count). The van der Waals surface area contributed by atoms with Gasteiger partial charge in [-0.15, -0.1) is 5.10 Å². The number of amides is 1. The second kappa shape index (κ2) is 5.60. The molecule has 23 heavy (non-hydrogen) atoms. The molecule has 1 fully saturated rings. The second-order valence-corrected chi connectivity index (χ2v) is 5.37. The molecule has 1 N–H and O–H groups in total. The second-order valence-electron chi connectivity index (χ2n) is 5.37. The first-order valence-electron chi connectivity index (χ1n) is 7.33. The molecule has 0 atom stereocenters. The van der Waals surface area contributed by atoms with E-state index in [2.05, 4.69) is 25.7 Å². The third kappa shape index (κ3) is 2.94. The highest BCUT2D eigenvalue weighted by molar-refractivity contribution is 6.04. The van der Waals surface area contributed by atoms with Gasteiger partial charge in [0.15, 0.2) is 5.82 Å². The van der Waals surface area contributed by atoms with Gasteiger partial charge < -0.3 is 9.84 Å². The minimum atomic E-state index is -0.265. The number of hydrogen-bond donors (Lipinski definition) is 1. The lowest BCUT2D eigenvalue weighted by Gasteiger charge is -2.04. The average molecular weight is 307 g/mol. The highest BCUT2D eigenvalue weighted by Crippen LogP contribution is 2.39. The monoisotopic (exact) mass is 307 g/mol. The van der Waals surface area contributed by atoms with Gasteiger partial charge in [-0.2, -0.15) is 10.1 Å². The summed E-state index contributed by atoms with van der Waals surface area (Å²) in [4.78, 5) is 16.7. The number of aromatic nitrogens is 4. The Balaban J connectivity index is 1.56. The predicted molar refractivity (Wildman–Crippen MR) is 81.7 cm³/mol. The first kappa shape index (κ1) is 13.6. The third-order valence-corrected chi connectivity index (χ3v) is 3.57. The number of nitrogens with one attached hydrogen (secondary N) is 1. The van der Waals surface area contributed by atoms with Crippen molar-refractivity contribution in [2.45, 2.75) is 18.8 Å². The van der Waals surface area contributed by atoms with Crippen molar-refractivity contribution in [3.8, 4) is 11.4 Å². The Morgan fingerprint density at radius 3 is 2.91 bits per heavy atom. The van der Waals surface area contributed by atoms with E-state index >= 15 is 0 Å². The van der Waals surface area contributed by atoms with Gasteiger partial charge in [0.05, 0.1) is 0 Å². The Labute approximate surface area is 131 Å². The number of nitrogens with zero attached hydrogens (tertiary/aromatic N) is 4. The summed E-state index contributed by atoms with van der Waals surface area (Å²) in [6.07, 6.45) is 3.74. The van der Waals surface area contributed by atoms with E-state index in [0.29, 0.717) is 29.0 Å². The summed E-state index contributed by atoms with van der Waals surface area (Å²) in [6.45, 7) is 0. The van der Waals surface area contributed by atoms with E-state index < -0.39 is 0 Å². The normalized spacial score (nSPS) is 13.7. The lowest BCUT2D eigenvalue weighted by atomic mass is 10.1. The van der Waals surface area contributed by atoms with Crippen LogP contribution in [0.1, 0.15) is 35.0 Å². The average Bonchev–Trinajstić information content (AvgIpc) is 3.33. The Morgan fingerprint density at radius 2 is 2.13 bits per heavy atom. The van der Waals surface area contributed by atoms with Crippen LogP contribution in [-0.4, -0.2) is 26.2 Å². The van der Waals surface area contributed by atoms with Gasteiger partial charge in [-0.3, -0.25) is 4.79 Å². The topological polar surface area (TPSA) is 93.8 Å². The molecule has 0 spiro atoms. The lowest BCUT2D eigenvalue weighted by molar-refractivity contribution is 0.102. The van der Waals surface area contributed by atoms with Crippen LogP contribution in [0.4, 0.5) is 5.82 Å². The molecule has 7 heteroatoms. The van der Waals surface area contributed by atoms with Gasteiger partial charge in [0.25, 0.3) is 5.91 Å². The molecule has 0 aliphatic heterocycles.